The van der Waals surface area contributed by atoms with E-state index in [9.17, 15) is 0 Å². The molecule has 0 spiro atoms. The lowest BCUT2D eigenvalue weighted by Gasteiger charge is -2.34. The summed E-state index contributed by atoms with van der Waals surface area (Å²) in [5.74, 6) is 0. The Morgan fingerprint density at radius 2 is 0.507 bits per heavy atom. The van der Waals surface area contributed by atoms with Gasteiger partial charge in [-0.1, -0.05) is 55.4 Å². The van der Waals surface area contributed by atoms with E-state index in [0.29, 0.717) is 106 Å². The number of hydrogen-bond acceptors (Lipinski definition) is 20. The molecule has 0 aliphatic heterocycles. The molecule has 0 heterocycles. The molecule has 0 aliphatic carbocycles. The van der Waals surface area contributed by atoms with Gasteiger partial charge in [-0.2, -0.15) is 0 Å². The molecular weight excluding hydrogens is 909 g/mol. The Morgan fingerprint density at radius 1 is 0.232 bits per heavy atom. The van der Waals surface area contributed by atoms with Crippen molar-refractivity contribution in [2.75, 3.05) is 185 Å². The van der Waals surface area contributed by atoms with Gasteiger partial charge < -0.3 is 56.8 Å². The average Bonchev–Trinajstić information content (AvgIpc) is 3.35. The Bertz CT molecular complexity index is 903. The molecule has 0 N–H and O–H groups in total. The third kappa shape index (κ3) is 45.5. The third-order valence-corrected chi connectivity index (χ3v) is 8.99. The SMILES string of the molecule is CCCOCCOCC(COCC(COCC(COCCOCCC)OCCOCCC)(COCC(COOCCC)OOCCC)COCC(COOCCC)OOCCC)OCCOCCC. The van der Waals surface area contributed by atoms with Crippen LogP contribution in [0.15, 0.2) is 0 Å². The Balaban J connectivity index is 6.66. The second-order valence-electron chi connectivity index (χ2n) is 16.4. The van der Waals surface area contributed by atoms with Gasteiger partial charge in [-0.15, -0.1) is 0 Å². The van der Waals surface area contributed by atoms with E-state index in [1.165, 1.54) is 0 Å². The summed E-state index contributed by atoms with van der Waals surface area (Å²) in [6, 6.07) is 0. The summed E-state index contributed by atoms with van der Waals surface area (Å²) in [7, 11) is 0. The average molecular weight is 1010 g/mol. The van der Waals surface area contributed by atoms with E-state index >= 15 is 0 Å². The summed E-state index contributed by atoms with van der Waals surface area (Å²) in [5.41, 5.74) is -0.921. The lowest BCUT2D eigenvalue weighted by molar-refractivity contribution is -0.372. The lowest BCUT2D eigenvalue weighted by atomic mass is 9.92. The minimum atomic E-state index is -0.921. The van der Waals surface area contributed by atoms with Crippen molar-refractivity contribution < 1.29 is 95.9 Å². The largest absolute Gasteiger partial charge is 0.379 e. The summed E-state index contributed by atoms with van der Waals surface area (Å²) in [5, 5.41) is 0. The van der Waals surface area contributed by atoms with Gasteiger partial charge in [0.25, 0.3) is 0 Å². The summed E-state index contributed by atoms with van der Waals surface area (Å²) < 4.78 is 73.1. The molecule has 0 aromatic carbocycles. The first kappa shape index (κ1) is 68.2. The highest BCUT2D eigenvalue weighted by molar-refractivity contribution is 4.81. The van der Waals surface area contributed by atoms with Gasteiger partial charge >= 0.3 is 0 Å². The van der Waals surface area contributed by atoms with Crippen molar-refractivity contribution in [3.63, 3.8) is 0 Å². The molecule has 0 fully saturated rings. The fourth-order valence-electron chi connectivity index (χ4n) is 5.56. The molecule has 0 aromatic heterocycles. The third-order valence-electron chi connectivity index (χ3n) is 8.99. The molecular formula is C49H100O20. The minimum absolute atomic E-state index is 0.0754. The van der Waals surface area contributed by atoms with Crippen molar-refractivity contribution in [2.24, 2.45) is 5.41 Å². The van der Waals surface area contributed by atoms with Crippen LogP contribution in [0.3, 0.4) is 0 Å². The predicted molar refractivity (Wildman–Crippen MR) is 258 cm³/mol. The Labute approximate surface area is 416 Å². The van der Waals surface area contributed by atoms with Crippen LogP contribution in [0.4, 0.5) is 0 Å². The van der Waals surface area contributed by atoms with Crippen LogP contribution >= 0.6 is 0 Å². The van der Waals surface area contributed by atoms with Crippen LogP contribution in [0.25, 0.3) is 0 Å². The number of hydrogen-bond donors (Lipinski definition) is 0. The van der Waals surface area contributed by atoms with Crippen molar-refractivity contribution in [1.29, 1.82) is 0 Å². The number of rotatable bonds is 60. The van der Waals surface area contributed by atoms with E-state index in [0.717, 1.165) is 51.4 Å². The van der Waals surface area contributed by atoms with E-state index < -0.39 is 29.8 Å². The molecule has 0 radical (unpaired) electrons. The van der Waals surface area contributed by atoms with Crippen molar-refractivity contribution in [2.45, 2.75) is 131 Å². The van der Waals surface area contributed by atoms with Gasteiger partial charge in [-0.05, 0) is 51.4 Å². The van der Waals surface area contributed by atoms with Crippen molar-refractivity contribution in [3.05, 3.63) is 0 Å². The quantitative estimate of drug-likeness (QED) is 0.0355. The monoisotopic (exact) mass is 1010 g/mol. The van der Waals surface area contributed by atoms with E-state index in [4.69, 9.17) is 95.9 Å². The van der Waals surface area contributed by atoms with Gasteiger partial charge in [0.15, 0.2) is 0 Å². The zero-order valence-electron chi connectivity index (χ0n) is 44.4. The molecule has 0 bridgehead atoms. The molecule has 69 heavy (non-hydrogen) atoms. The van der Waals surface area contributed by atoms with Gasteiger partial charge in [0.05, 0.1) is 151 Å². The lowest BCUT2D eigenvalue weighted by Crippen LogP contribution is -2.45. The Kier molecular flexibility index (Phi) is 54.3. The fraction of sp³-hybridized carbons (Fsp3) is 1.00. The first-order valence-corrected chi connectivity index (χ1v) is 26.0. The van der Waals surface area contributed by atoms with Gasteiger partial charge in [0.2, 0.25) is 0 Å². The molecule has 416 valence electrons. The van der Waals surface area contributed by atoms with Crippen molar-refractivity contribution in [3.8, 4) is 0 Å². The van der Waals surface area contributed by atoms with Crippen LogP contribution in [-0.4, -0.2) is 209 Å². The zero-order valence-corrected chi connectivity index (χ0v) is 44.4. The van der Waals surface area contributed by atoms with Gasteiger partial charge in [-0.25, -0.2) is 39.1 Å². The van der Waals surface area contributed by atoms with Crippen molar-refractivity contribution >= 4 is 0 Å². The highest BCUT2D eigenvalue weighted by atomic mass is 17.2. The highest BCUT2D eigenvalue weighted by Gasteiger charge is 2.35. The van der Waals surface area contributed by atoms with Gasteiger partial charge in [-0.3, -0.25) is 0 Å². The smallest absolute Gasteiger partial charge is 0.143 e. The normalized spacial score (nSPS) is 14.6. The standard InChI is InChI=1S/C49H100O20/c1-9-17-50-25-27-54-33-45(60-31-29-52-19-11-3)35-56-41-49(43-58-37-47(68-64-23-15-7)39-66-62-21-13-5,44-59-38-48(69-65-24-16-8)40-67-63-22-14-6)42-57-36-46(61-32-30-53-20-12-4)34-55-28-26-51-18-10-2/h45-48H,9-44H2,1-8H3. The highest BCUT2D eigenvalue weighted by Crippen LogP contribution is 2.23. The van der Waals surface area contributed by atoms with E-state index in [2.05, 4.69) is 27.7 Å². The molecule has 20 heteroatoms. The van der Waals surface area contributed by atoms with E-state index in [-0.39, 0.29) is 79.3 Å². The summed E-state index contributed by atoms with van der Waals surface area (Å²) in [6.07, 6.45) is 4.78. The summed E-state index contributed by atoms with van der Waals surface area (Å²) in [4.78, 5) is 43.8. The first-order chi connectivity index (χ1) is 34.0. The molecule has 0 saturated heterocycles. The molecule has 4 unspecified atom stereocenters. The molecule has 0 amide bonds. The molecule has 0 aliphatic rings. The molecule has 0 rings (SSSR count). The maximum Gasteiger partial charge on any atom is 0.143 e. The summed E-state index contributed by atoms with van der Waals surface area (Å²) in [6.45, 7) is 25.8. The predicted octanol–water partition coefficient (Wildman–Crippen LogP) is 6.72. The van der Waals surface area contributed by atoms with E-state index in [1.807, 2.05) is 27.7 Å². The maximum absolute atomic E-state index is 6.56. The Morgan fingerprint density at radius 3 is 0.841 bits per heavy atom. The summed E-state index contributed by atoms with van der Waals surface area (Å²) >= 11 is 0. The van der Waals surface area contributed by atoms with Crippen LogP contribution in [0.5, 0.6) is 0 Å². The first-order valence-electron chi connectivity index (χ1n) is 26.0. The topological polar surface area (TPSA) is 185 Å². The molecule has 20 nitrogen and oxygen atoms in total. The molecule has 0 aromatic rings. The fourth-order valence-corrected chi connectivity index (χ4v) is 5.56. The van der Waals surface area contributed by atoms with E-state index in [1.54, 1.807) is 0 Å². The Hall–Kier alpha value is -0.800. The molecule has 0 saturated carbocycles. The van der Waals surface area contributed by atoms with Crippen LogP contribution in [0.1, 0.15) is 107 Å². The number of ether oxygens (including phenoxy) is 12. The van der Waals surface area contributed by atoms with Gasteiger partial charge in [0, 0.05) is 26.4 Å². The second kappa shape index (κ2) is 55.0. The van der Waals surface area contributed by atoms with Crippen LogP contribution in [-0.2, 0) is 95.9 Å². The van der Waals surface area contributed by atoms with Crippen LogP contribution in [0, 0.1) is 5.41 Å². The second-order valence-corrected chi connectivity index (χ2v) is 16.4. The van der Waals surface area contributed by atoms with Crippen molar-refractivity contribution in [1.82, 2.24) is 0 Å². The molecule has 4 atom stereocenters. The van der Waals surface area contributed by atoms with Crippen LogP contribution < -0.4 is 0 Å². The maximum atomic E-state index is 6.56. The minimum Gasteiger partial charge on any atom is -0.379 e. The van der Waals surface area contributed by atoms with Crippen LogP contribution in [0.2, 0.25) is 0 Å². The zero-order chi connectivity index (χ0) is 50.4. The van der Waals surface area contributed by atoms with Gasteiger partial charge in [0.1, 0.15) is 37.6 Å².